The second kappa shape index (κ2) is 4.26. The summed E-state index contributed by atoms with van der Waals surface area (Å²) in [5.74, 6) is 0.141. The number of hydrogen-bond acceptors (Lipinski definition) is 6. The number of ether oxygens (including phenoxy) is 1. The van der Waals surface area contributed by atoms with Crippen LogP contribution in [0.25, 0.3) is 21.9 Å². The van der Waals surface area contributed by atoms with Crippen LogP contribution in [-0.4, -0.2) is 15.5 Å². The molecule has 2 heterocycles. The quantitative estimate of drug-likeness (QED) is 0.533. The van der Waals surface area contributed by atoms with Crippen molar-refractivity contribution in [3.63, 3.8) is 0 Å². The van der Waals surface area contributed by atoms with Gasteiger partial charge in [0.25, 0.3) is 9.05 Å². The van der Waals surface area contributed by atoms with Crippen molar-refractivity contribution in [1.29, 1.82) is 0 Å². The maximum Gasteiger partial charge on any atom is 0.336 e. The van der Waals surface area contributed by atoms with E-state index >= 15 is 0 Å². The monoisotopic (exact) mass is 314 g/mol. The molecule has 0 aliphatic carbocycles. The molecule has 0 fully saturated rings. The molecule has 0 saturated heterocycles. The fourth-order valence-electron chi connectivity index (χ4n) is 2.12. The summed E-state index contributed by atoms with van der Waals surface area (Å²) >= 11 is 0. The van der Waals surface area contributed by atoms with Gasteiger partial charge in [-0.05, 0) is 12.1 Å². The van der Waals surface area contributed by atoms with Crippen molar-refractivity contribution in [3.05, 3.63) is 34.9 Å². The first-order valence-corrected chi connectivity index (χ1v) is 7.70. The minimum atomic E-state index is -4.07. The van der Waals surface area contributed by atoms with Gasteiger partial charge in [0.15, 0.2) is 11.2 Å². The zero-order chi connectivity index (χ0) is 14.5. The Labute approximate surface area is 116 Å². The van der Waals surface area contributed by atoms with Crippen LogP contribution in [0.15, 0.2) is 43.0 Å². The summed E-state index contributed by atoms with van der Waals surface area (Å²) in [7, 11) is 2.77. The first-order valence-electron chi connectivity index (χ1n) is 5.39. The van der Waals surface area contributed by atoms with E-state index in [4.69, 9.17) is 24.3 Å². The number of hydrogen-bond donors (Lipinski definition) is 0. The zero-order valence-corrected chi connectivity index (χ0v) is 11.6. The highest BCUT2D eigenvalue weighted by atomic mass is 35.7. The maximum atomic E-state index is 11.8. The summed E-state index contributed by atoms with van der Waals surface area (Å²) in [6.07, 6.45) is 1.30. The first-order chi connectivity index (χ1) is 9.43. The normalized spacial score (nSPS) is 12.1. The summed E-state index contributed by atoms with van der Waals surface area (Å²) in [5.41, 5.74) is -0.519. The van der Waals surface area contributed by atoms with E-state index in [2.05, 4.69) is 0 Å². The van der Waals surface area contributed by atoms with Crippen LogP contribution in [0, 0.1) is 0 Å². The third-order valence-electron chi connectivity index (χ3n) is 2.85. The topological polar surface area (TPSA) is 86.7 Å². The molecule has 0 amide bonds. The highest BCUT2D eigenvalue weighted by Crippen LogP contribution is 2.41. The molecule has 104 valence electrons. The zero-order valence-electron chi connectivity index (χ0n) is 10.0. The van der Waals surface area contributed by atoms with Gasteiger partial charge in [0, 0.05) is 27.5 Å². The standard InChI is InChI=1S/C12H7ClO6S/c1-17-11-9-7(4-5-18-9)12(20(13,15)16)6-2-3-8(14)19-10(6)11/h2-5H,1H3. The van der Waals surface area contributed by atoms with Crippen molar-refractivity contribution in [2.24, 2.45) is 0 Å². The summed E-state index contributed by atoms with van der Waals surface area (Å²) in [5, 5.41) is 0.420. The molecule has 3 aromatic rings. The van der Waals surface area contributed by atoms with E-state index in [9.17, 15) is 13.2 Å². The van der Waals surface area contributed by atoms with Crippen LogP contribution in [0.2, 0.25) is 0 Å². The van der Waals surface area contributed by atoms with Crippen molar-refractivity contribution < 1.29 is 22.0 Å². The molecule has 0 atom stereocenters. The number of halogens is 1. The van der Waals surface area contributed by atoms with Crippen molar-refractivity contribution in [2.75, 3.05) is 7.11 Å². The molecular weight excluding hydrogens is 308 g/mol. The van der Waals surface area contributed by atoms with E-state index in [-0.39, 0.29) is 32.6 Å². The van der Waals surface area contributed by atoms with Gasteiger partial charge in [-0.3, -0.25) is 0 Å². The van der Waals surface area contributed by atoms with Gasteiger partial charge in [-0.1, -0.05) is 0 Å². The largest absolute Gasteiger partial charge is 0.490 e. The molecule has 8 heteroatoms. The molecule has 0 aliphatic rings. The lowest BCUT2D eigenvalue weighted by atomic mass is 10.1. The van der Waals surface area contributed by atoms with Crippen molar-refractivity contribution in [2.45, 2.75) is 4.90 Å². The predicted molar refractivity (Wildman–Crippen MR) is 71.8 cm³/mol. The van der Waals surface area contributed by atoms with Gasteiger partial charge in [0.05, 0.1) is 13.4 Å². The third-order valence-corrected chi connectivity index (χ3v) is 4.24. The Kier molecular flexibility index (Phi) is 2.77. The van der Waals surface area contributed by atoms with E-state index < -0.39 is 14.7 Å². The molecule has 0 bridgehead atoms. The van der Waals surface area contributed by atoms with E-state index in [0.29, 0.717) is 0 Å². The average molecular weight is 315 g/mol. The van der Waals surface area contributed by atoms with Gasteiger partial charge >= 0.3 is 5.63 Å². The van der Waals surface area contributed by atoms with Crippen molar-refractivity contribution >= 4 is 41.7 Å². The van der Waals surface area contributed by atoms with Crippen LogP contribution in [0.3, 0.4) is 0 Å². The van der Waals surface area contributed by atoms with E-state index in [0.717, 1.165) is 6.07 Å². The van der Waals surface area contributed by atoms with Gasteiger partial charge < -0.3 is 13.6 Å². The Morgan fingerprint density at radius 3 is 2.50 bits per heavy atom. The second-order valence-electron chi connectivity index (χ2n) is 3.96. The van der Waals surface area contributed by atoms with Gasteiger partial charge in [-0.15, -0.1) is 0 Å². The molecule has 20 heavy (non-hydrogen) atoms. The lowest BCUT2D eigenvalue weighted by molar-refractivity contribution is 0.402. The SMILES string of the molecule is COc1c2occc2c(S(=O)(=O)Cl)c2ccc(=O)oc12. The van der Waals surface area contributed by atoms with Crippen molar-refractivity contribution in [3.8, 4) is 5.75 Å². The van der Waals surface area contributed by atoms with Gasteiger partial charge in [0.2, 0.25) is 5.75 Å². The van der Waals surface area contributed by atoms with Crippen molar-refractivity contribution in [1.82, 2.24) is 0 Å². The number of benzene rings is 1. The molecule has 0 saturated carbocycles. The minimum Gasteiger partial charge on any atom is -0.490 e. The fourth-order valence-corrected chi connectivity index (χ4v) is 3.47. The Morgan fingerprint density at radius 2 is 1.85 bits per heavy atom. The molecule has 3 rings (SSSR count). The first kappa shape index (κ1) is 13.0. The van der Waals surface area contributed by atoms with Gasteiger partial charge in [-0.25, -0.2) is 13.2 Å². The van der Waals surface area contributed by atoms with E-state index in [1.54, 1.807) is 0 Å². The average Bonchev–Trinajstić information content (AvgIpc) is 2.82. The lowest BCUT2D eigenvalue weighted by Gasteiger charge is -2.08. The number of furan rings is 1. The highest BCUT2D eigenvalue weighted by Gasteiger charge is 2.25. The molecule has 1 aromatic carbocycles. The minimum absolute atomic E-state index is 0.0262. The summed E-state index contributed by atoms with van der Waals surface area (Å²) < 4.78 is 39.0. The molecule has 6 nitrogen and oxygen atoms in total. The predicted octanol–water partition coefficient (Wildman–Crippen LogP) is 2.48. The molecule has 0 aliphatic heterocycles. The second-order valence-corrected chi connectivity index (χ2v) is 6.46. The summed E-state index contributed by atoms with van der Waals surface area (Å²) in [4.78, 5) is 11.2. The Balaban J connectivity index is 2.72. The van der Waals surface area contributed by atoms with E-state index in [1.807, 2.05) is 0 Å². The van der Waals surface area contributed by atoms with Crippen LogP contribution in [-0.2, 0) is 9.05 Å². The van der Waals surface area contributed by atoms with Crippen LogP contribution in [0.5, 0.6) is 5.75 Å². The van der Waals surface area contributed by atoms with E-state index in [1.165, 1.54) is 25.5 Å². The lowest BCUT2D eigenvalue weighted by Crippen LogP contribution is -2.01. The molecule has 0 unspecified atom stereocenters. The molecule has 0 N–H and O–H groups in total. The van der Waals surface area contributed by atoms with Gasteiger partial charge in [0.1, 0.15) is 4.90 Å². The number of rotatable bonds is 2. The van der Waals surface area contributed by atoms with Crippen LogP contribution in [0.4, 0.5) is 0 Å². The Bertz CT molecular complexity index is 982. The molecule has 0 radical (unpaired) electrons. The van der Waals surface area contributed by atoms with Crippen LogP contribution < -0.4 is 10.4 Å². The molecule has 2 aromatic heterocycles. The Hall–Kier alpha value is -1.99. The van der Waals surface area contributed by atoms with Crippen LogP contribution in [0.1, 0.15) is 0 Å². The number of methoxy groups -OCH3 is 1. The smallest absolute Gasteiger partial charge is 0.336 e. The van der Waals surface area contributed by atoms with Crippen LogP contribution >= 0.6 is 10.7 Å². The Morgan fingerprint density at radius 1 is 1.15 bits per heavy atom. The fraction of sp³-hybridized carbons (Fsp3) is 0.0833. The third kappa shape index (κ3) is 1.78. The number of fused-ring (bicyclic) bond motifs is 2. The van der Waals surface area contributed by atoms with Gasteiger partial charge in [-0.2, -0.15) is 0 Å². The summed E-state index contributed by atoms with van der Waals surface area (Å²) in [6.45, 7) is 0. The summed E-state index contributed by atoms with van der Waals surface area (Å²) in [6, 6.07) is 3.89. The molecular formula is C12H7ClO6S. The highest BCUT2D eigenvalue weighted by molar-refractivity contribution is 8.14. The maximum absolute atomic E-state index is 11.8. The molecule has 0 spiro atoms.